The minimum Gasteiger partial charge on any atom is -0.477 e. The van der Waals surface area contributed by atoms with Gasteiger partial charge in [-0.15, -0.1) is 0 Å². The molecule has 2 amide bonds. The van der Waals surface area contributed by atoms with Crippen LogP contribution in [0.4, 0.5) is 25.0 Å². The first-order valence-electron chi connectivity index (χ1n) is 15.5. The van der Waals surface area contributed by atoms with Crippen LogP contribution in [0.5, 0.6) is 0 Å². The fourth-order valence-electron chi connectivity index (χ4n) is 7.86. The average Bonchev–Trinajstić information content (AvgIpc) is 3.80. The highest BCUT2D eigenvalue weighted by molar-refractivity contribution is 6.02. The summed E-state index contributed by atoms with van der Waals surface area (Å²) in [6, 6.07) is -1.90. The molecule has 252 valence electrons. The van der Waals surface area contributed by atoms with Gasteiger partial charge in [-0.2, -0.15) is 18.1 Å². The second kappa shape index (κ2) is 11.4. The van der Waals surface area contributed by atoms with Crippen LogP contribution >= 0.6 is 0 Å². The zero-order valence-electron chi connectivity index (χ0n) is 26.0. The number of halogens is 2. The molecule has 2 saturated heterocycles. The van der Waals surface area contributed by atoms with Gasteiger partial charge in [0.1, 0.15) is 31.0 Å². The maximum atomic E-state index is 17.0. The lowest BCUT2D eigenvalue weighted by Gasteiger charge is -2.45. The average molecular weight is 661 g/mol. The third-order valence-corrected chi connectivity index (χ3v) is 9.92. The Kier molecular flexibility index (Phi) is 7.88. The Labute approximate surface area is 266 Å². The molecule has 1 saturated carbocycles. The Balaban J connectivity index is 1.48. The summed E-state index contributed by atoms with van der Waals surface area (Å²) in [5.41, 5.74) is 2.11. The number of amides is 2. The number of nitrogens with one attached hydrogen (secondary N) is 1. The fraction of sp³-hybridized carbons (Fsp3) is 0.516. The molecule has 0 radical (unpaired) electrons. The molecule has 1 aromatic carbocycles. The number of pyridine rings is 1. The highest BCUT2D eigenvalue weighted by atomic mass is 19.1. The van der Waals surface area contributed by atoms with Crippen molar-refractivity contribution in [1.29, 1.82) is 0 Å². The number of β-lactam (4-membered cyclic amide) rings is 1. The quantitative estimate of drug-likeness (QED) is 0.157. The minimum atomic E-state index is -1.59. The summed E-state index contributed by atoms with van der Waals surface area (Å²) < 4.78 is 39.4. The number of carbonyl (C=O) groups excluding carboxylic acids is 2. The SMILES string of the molecule is CC1C[N+](C(=O)OCC2=C(C(=O)O)N3C(=O)[C@H](CCO)[C@H]3[C@H]2C)(c2c(F)c(N)c3c(=O)c(C(=O)O)cn(C4CC4)c3c2F)C[C@@H](C)N1. The molecule has 4 aliphatic rings. The van der Waals surface area contributed by atoms with Crippen molar-refractivity contribution in [1.82, 2.24) is 19.3 Å². The largest absolute Gasteiger partial charge is 0.521 e. The number of carboxylic acids is 2. The number of aliphatic hydroxyl groups excluding tert-OH is 1. The third-order valence-electron chi connectivity index (χ3n) is 9.92. The van der Waals surface area contributed by atoms with Crippen molar-refractivity contribution in [2.45, 2.75) is 64.2 Å². The lowest BCUT2D eigenvalue weighted by atomic mass is 9.79. The molecule has 2 unspecified atom stereocenters. The van der Waals surface area contributed by atoms with Gasteiger partial charge in [-0.25, -0.2) is 9.59 Å². The van der Waals surface area contributed by atoms with Gasteiger partial charge in [0.05, 0.1) is 40.6 Å². The Morgan fingerprint density at radius 1 is 1.06 bits per heavy atom. The fourth-order valence-corrected chi connectivity index (χ4v) is 7.86. The number of ether oxygens (including phenoxy) is 1. The lowest BCUT2D eigenvalue weighted by Crippen LogP contribution is -2.69. The summed E-state index contributed by atoms with van der Waals surface area (Å²) in [6.45, 7) is 3.80. The number of aliphatic carboxylic acids is 1. The molecule has 3 aliphatic heterocycles. The van der Waals surface area contributed by atoms with Crippen molar-refractivity contribution in [3.05, 3.63) is 44.9 Å². The van der Waals surface area contributed by atoms with Crippen LogP contribution < -0.4 is 21.0 Å². The summed E-state index contributed by atoms with van der Waals surface area (Å²) in [7, 11) is 0. The molecule has 0 spiro atoms. The number of carbonyl (C=O) groups is 4. The zero-order chi connectivity index (χ0) is 34.3. The number of piperazine rings is 1. The molecule has 3 fully saturated rings. The second-order valence-electron chi connectivity index (χ2n) is 13.1. The zero-order valence-corrected chi connectivity index (χ0v) is 26.0. The molecule has 16 heteroatoms. The number of carboxylic acid groups (broad SMARTS) is 2. The number of aromatic nitrogens is 1. The van der Waals surface area contributed by atoms with Crippen molar-refractivity contribution in [2.75, 3.05) is 32.0 Å². The molecule has 1 aliphatic carbocycles. The van der Waals surface area contributed by atoms with E-state index in [-0.39, 0.29) is 43.4 Å². The normalized spacial score (nSPS) is 28.8. The van der Waals surface area contributed by atoms with Gasteiger partial charge in [-0.1, -0.05) is 6.92 Å². The number of aromatic carboxylic acids is 1. The number of fused-ring (bicyclic) bond motifs is 2. The van der Waals surface area contributed by atoms with Crippen LogP contribution in [0.1, 0.15) is 56.4 Å². The number of benzene rings is 1. The second-order valence-corrected chi connectivity index (χ2v) is 13.1. The smallest absolute Gasteiger partial charge is 0.477 e. The molecular weight excluding hydrogens is 624 g/mol. The molecule has 2 aromatic rings. The van der Waals surface area contributed by atoms with Crippen LogP contribution in [0.2, 0.25) is 0 Å². The Bertz CT molecular complexity index is 1830. The molecular formula is C31H36F2N5O9+. The van der Waals surface area contributed by atoms with E-state index in [1.54, 1.807) is 20.8 Å². The number of aliphatic hydroxyl groups is 1. The van der Waals surface area contributed by atoms with Crippen molar-refractivity contribution >= 4 is 46.2 Å². The summed E-state index contributed by atoms with van der Waals surface area (Å²) in [5.74, 6) is -7.29. The van der Waals surface area contributed by atoms with Gasteiger partial charge in [0.15, 0.2) is 0 Å². The number of nitrogens with zero attached hydrogens (tertiary/aromatic N) is 3. The van der Waals surface area contributed by atoms with Crippen LogP contribution in [-0.2, 0) is 14.3 Å². The number of rotatable bonds is 8. The van der Waals surface area contributed by atoms with Gasteiger partial charge in [-0.3, -0.25) is 9.59 Å². The van der Waals surface area contributed by atoms with Gasteiger partial charge < -0.3 is 40.6 Å². The molecule has 6 atom stereocenters. The maximum Gasteiger partial charge on any atom is 0.521 e. The molecule has 6 N–H and O–H groups in total. The Hall–Kier alpha value is -4.41. The van der Waals surface area contributed by atoms with Gasteiger partial charge in [0.2, 0.25) is 28.7 Å². The van der Waals surface area contributed by atoms with E-state index in [9.17, 15) is 39.3 Å². The molecule has 4 heterocycles. The highest BCUT2D eigenvalue weighted by Gasteiger charge is 2.59. The highest BCUT2D eigenvalue weighted by Crippen LogP contribution is 2.48. The van der Waals surface area contributed by atoms with Crippen LogP contribution in [0, 0.1) is 23.5 Å². The molecule has 1 aromatic heterocycles. The van der Waals surface area contributed by atoms with Crippen molar-refractivity contribution < 1.29 is 48.0 Å². The predicted octanol–water partition coefficient (Wildman–Crippen LogP) is 1.92. The van der Waals surface area contributed by atoms with Crippen LogP contribution in [0.15, 0.2) is 22.3 Å². The van der Waals surface area contributed by atoms with Crippen molar-refractivity contribution in [3.63, 3.8) is 0 Å². The van der Waals surface area contributed by atoms with Gasteiger partial charge in [0, 0.05) is 30.3 Å². The maximum absolute atomic E-state index is 17.0. The Morgan fingerprint density at radius 2 is 1.70 bits per heavy atom. The van der Waals surface area contributed by atoms with Crippen LogP contribution in [0.25, 0.3) is 10.9 Å². The summed E-state index contributed by atoms with van der Waals surface area (Å²) in [4.78, 5) is 65.5. The van der Waals surface area contributed by atoms with Crippen molar-refractivity contribution in [3.8, 4) is 0 Å². The first-order valence-corrected chi connectivity index (χ1v) is 15.5. The number of quaternary nitrogens is 1. The van der Waals surface area contributed by atoms with Crippen LogP contribution in [0.3, 0.4) is 0 Å². The number of hydrogen-bond donors (Lipinski definition) is 5. The van der Waals surface area contributed by atoms with E-state index in [4.69, 9.17) is 10.5 Å². The van der Waals surface area contributed by atoms with E-state index in [2.05, 4.69) is 5.32 Å². The molecule has 14 nitrogen and oxygen atoms in total. The summed E-state index contributed by atoms with van der Waals surface area (Å²) in [6.07, 6.45) is 1.12. The van der Waals surface area contributed by atoms with E-state index in [1.807, 2.05) is 0 Å². The monoisotopic (exact) mass is 660 g/mol. The third kappa shape index (κ3) is 4.80. The molecule has 6 rings (SSSR count). The Morgan fingerprint density at radius 3 is 2.26 bits per heavy atom. The van der Waals surface area contributed by atoms with E-state index in [0.29, 0.717) is 12.8 Å². The number of nitrogen functional groups attached to an aromatic ring is 1. The summed E-state index contributed by atoms with van der Waals surface area (Å²) in [5, 5.41) is 31.6. The van der Waals surface area contributed by atoms with Gasteiger partial charge in [0.25, 0.3) is 0 Å². The predicted molar refractivity (Wildman–Crippen MR) is 162 cm³/mol. The van der Waals surface area contributed by atoms with E-state index >= 15 is 8.78 Å². The molecule has 47 heavy (non-hydrogen) atoms. The topological polar surface area (TPSA) is 201 Å². The van der Waals surface area contributed by atoms with Gasteiger partial charge in [-0.05, 0) is 33.1 Å². The van der Waals surface area contributed by atoms with Gasteiger partial charge >= 0.3 is 18.0 Å². The van der Waals surface area contributed by atoms with Crippen molar-refractivity contribution in [2.24, 2.45) is 11.8 Å². The summed E-state index contributed by atoms with van der Waals surface area (Å²) >= 11 is 0. The number of anilines is 1. The first-order chi connectivity index (χ1) is 22.2. The first kappa shape index (κ1) is 32.5. The number of nitrogens with two attached hydrogens (primary N) is 1. The standard InChI is InChI=1S/C31H35F2N5O9/c1-12-9-38(10-13(2)35-12,31(46)47-11-18-14(3)23-16(6-7-39)28(41)37(23)24(18)30(44)45)26-20(32)22(34)19-25(21(26)33)36(15-4-5-15)8-17(27(19)40)29(42)43/h8,12-16,23,35,39H,4-7,9-11H2,1-3H3,(H3-,34,40,42,43,44,45)/p+1/t12-,13?,14+,16-,23-,38?/m1/s1. The molecule has 0 bridgehead atoms. The minimum absolute atomic E-state index is 0.134. The van der Waals surface area contributed by atoms with E-state index < -0.39 is 110 Å². The van der Waals surface area contributed by atoms with E-state index in [0.717, 1.165) is 11.1 Å². The van der Waals surface area contributed by atoms with Crippen LogP contribution in [-0.4, -0.2) is 93.2 Å². The number of hydrogen-bond acceptors (Lipinski definition) is 9. The lowest BCUT2D eigenvalue weighted by molar-refractivity contribution is -0.157. The van der Waals surface area contributed by atoms with E-state index in [1.165, 1.54) is 4.57 Å².